The summed E-state index contributed by atoms with van der Waals surface area (Å²) < 4.78 is 1.11. The lowest BCUT2D eigenvalue weighted by atomic mass is 9.85. The molecular formula is C17H23IN2O2. The second-order valence-corrected chi connectivity index (χ2v) is 7.45. The quantitative estimate of drug-likeness (QED) is 0.745. The van der Waals surface area contributed by atoms with E-state index in [4.69, 9.17) is 0 Å². The van der Waals surface area contributed by atoms with E-state index in [-0.39, 0.29) is 29.8 Å². The van der Waals surface area contributed by atoms with Gasteiger partial charge in [-0.15, -0.1) is 0 Å². The Bertz CT molecular complexity index is 528. The van der Waals surface area contributed by atoms with Crippen LogP contribution in [0.2, 0.25) is 0 Å². The molecule has 1 aromatic carbocycles. The maximum atomic E-state index is 12.3. The van der Waals surface area contributed by atoms with Crippen LogP contribution in [0.15, 0.2) is 24.3 Å². The van der Waals surface area contributed by atoms with E-state index in [1.165, 1.54) is 0 Å². The van der Waals surface area contributed by atoms with E-state index in [9.17, 15) is 9.59 Å². The molecule has 2 amide bonds. The highest BCUT2D eigenvalue weighted by Crippen LogP contribution is 2.25. The Kier molecular flexibility index (Phi) is 6.23. The number of carbonyl (C=O) groups excluding carboxylic acids is 2. The highest BCUT2D eigenvalue weighted by atomic mass is 127. The minimum Gasteiger partial charge on any atom is -0.354 e. The summed E-state index contributed by atoms with van der Waals surface area (Å²) in [5.74, 6) is 0.0766. The van der Waals surface area contributed by atoms with Crippen LogP contribution in [0.3, 0.4) is 0 Å². The van der Waals surface area contributed by atoms with E-state index < -0.39 is 0 Å². The van der Waals surface area contributed by atoms with Crippen molar-refractivity contribution in [2.75, 3.05) is 0 Å². The maximum absolute atomic E-state index is 12.3. The van der Waals surface area contributed by atoms with Crippen molar-refractivity contribution in [1.29, 1.82) is 0 Å². The van der Waals surface area contributed by atoms with Crippen LogP contribution < -0.4 is 10.6 Å². The van der Waals surface area contributed by atoms with Crippen LogP contribution in [0, 0.1) is 9.49 Å². The van der Waals surface area contributed by atoms with Crippen LogP contribution in [0.25, 0.3) is 0 Å². The predicted molar refractivity (Wildman–Crippen MR) is 95.6 cm³/mol. The van der Waals surface area contributed by atoms with Gasteiger partial charge >= 0.3 is 0 Å². The van der Waals surface area contributed by atoms with Crippen molar-refractivity contribution in [3.05, 3.63) is 33.4 Å². The van der Waals surface area contributed by atoms with Crippen molar-refractivity contribution in [3.63, 3.8) is 0 Å². The van der Waals surface area contributed by atoms with Crippen LogP contribution >= 0.6 is 22.6 Å². The summed E-state index contributed by atoms with van der Waals surface area (Å²) in [7, 11) is 0. The molecule has 4 nitrogen and oxygen atoms in total. The number of halogens is 1. The maximum Gasteiger partial charge on any atom is 0.251 e. The largest absolute Gasteiger partial charge is 0.354 e. The zero-order valence-corrected chi connectivity index (χ0v) is 15.2. The summed E-state index contributed by atoms with van der Waals surface area (Å²) in [6.45, 7) is 3.94. The van der Waals surface area contributed by atoms with Crippen LogP contribution in [-0.4, -0.2) is 23.9 Å². The Morgan fingerprint density at radius 2 is 1.86 bits per heavy atom. The lowest BCUT2D eigenvalue weighted by Gasteiger charge is -2.29. The summed E-state index contributed by atoms with van der Waals surface area (Å²) in [5.41, 5.74) is 0.675. The fourth-order valence-corrected chi connectivity index (χ4v) is 3.19. The third-order valence-electron chi connectivity index (χ3n) is 3.92. The SMILES string of the molecule is CC(C)NC(=O)C1CCCC(NC(=O)c2ccc(I)cc2)C1. The van der Waals surface area contributed by atoms with Gasteiger partial charge in [0.1, 0.15) is 0 Å². The van der Waals surface area contributed by atoms with Crippen molar-refractivity contribution in [1.82, 2.24) is 10.6 Å². The van der Waals surface area contributed by atoms with E-state index in [2.05, 4.69) is 33.2 Å². The molecule has 5 heteroatoms. The summed E-state index contributed by atoms with van der Waals surface area (Å²) in [5, 5.41) is 6.04. The number of nitrogens with one attached hydrogen (secondary N) is 2. The topological polar surface area (TPSA) is 58.2 Å². The van der Waals surface area contributed by atoms with Crippen LogP contribution in [-0.2, 0) is 4.79 Å². The molecule has 0 saturated heterocycles. The molecule has 0 aromatic heterocycles. The smallest absolute Gasteiger partial charge is 0.251 e. The predicted octanol–water partition coefficient (Wildman–Crippen LogP) is 3.10. The minimum atomic E-state index is -0.0497. The highest BCUT2D eigenvalue weighted by Gasteiger charge is 2.28. The molecular weight excluding hydrogens is 391 g/mol. The fourth-order valence-electron chi connectivity index (χ4n) is 2.83. The first-order chi connectivity index (χ1) is 10.5. The first-order valence-corrected chi connectivity index (χ1v) is 8.90. The van der Waals surface area contributed by atoms with Gasteiger partial charge in [0.15, 0.2) is 0 Å². The zero-order valence-electron chi connectivity index (χ0n) is 13.1. The van der Waals surface area contributed by atoms with Gasteiger partial charge in [-0.05, 0) is 80.0 Å². The van der Waals surface area contributed by atoms with E-state index >= 15 is 0 Å². The zero-order chi connectivity index (χ0) is 16.1. The van der Waals surface area contributed by atoms with Gasteiger partial charge in [0.2, 0.25) is 5.91 Å². The van der Waals surface area contributed by atoms with Gasteiger partial charge in [0.25, 0.3) is 5.91 Å². The van der Waals surface area contributed by atoms with Crippen LogP contribution in [0.5, 0.6) is 0 Å². The first-order valence-electron chi connectivity index (χ1n) is 7.82. The molecule has 2 atom stereocenters. The molecule has 2 unspecified atom stereocenters. The van der Waals surface area contributed by atoms with Crippen LogP contribution in [0.1, 0.15) is 49.9 Å². The monoisotopic (exact) mass is 414 g/mol. The normalized spacial score (nSPS) is 21.5. The lowest BCUT2D eigenvalue weighted by molar-refractivity contribution is -0.126. The highest BCUT2D eigenvalue weighted by molar-refractivity contribution is 14.1. The Balaban J connectivity index is 1.91. The average Bonchev–Trinajstić information content (AvgIpc) is 2.47. The number of amides is 2. The number of carbonyl (C=O) groups is 2. The van der Waals surface area contributed by atoms with Crippen molar-refractivity contribution in [2.45, 2.75) is 51.6 Å². The summed E-state index contributed by atoms with van der Waals surface area (Å²) in [6.07, 6.45) is 3.57. The standard InChI is InChI=1S/C17H23IN2O2/c1-11(2)19-17(22)13-4-3-5-15(10-13)20-16(21)12-6-8-14(18)9-7-12/h6-9,11,13,15H,3-5,10H2,1-2H3,(H,19,22)(H,20,21). The molecule has 0 heterocycles. The van der Waals surface area contributed by atoms with Crippen molar-refractivity contribution < 1.29 is 9.59 Å². The number of hydrogen-bond donors (Lipinski definition) is 2. The molecule has 0 aliphatic heterocycles. The number of benzene rings is 1. The summed E-state index contributed by atoms with van der Waals surface area (Å²) in [4.78, 5) is 24.4. The second kappa shape index (κ2) is 7.94. The molecule has 22 heavy (non-hydrogen) atoms. The molecule has 2 N–H and O–H groups in total. The number of rotatable bonds is 4. The molecule has 120 valence electrons. The van der Waals surface area contributed by atoms with Gasteiger partial charge in [-0.1, -0.05) is 6.42 Å². The molecule has 1 aliphatic rings. The molecule has 0 spiro atoms. The molecule has 1 saturated carbocycles. The molecule has 1 fully saturated rings. The van der Waals surface area contributed by atoms with E-state index in [1.807, 2.05) is 38.1 Å². The Hall–Kier alpha value is -1.11. The summed E-state index contributed by atoms with van der Waals surface area (Å²) in [6, 6.07) is 7.77. The van der Waals surface area contributed by atoms with E-state index in [1.54, 1.807) is 0 Å². The lowest BCUT2D eigenvalue weighted by Crippen LogP contribution is -2.43. The minimum absolute atomic E-state index is 0.0122. The first kappa shape index (κ1) is 17.2. The van der Waals surface area contributed by atoms with E-state index in [0.29, 0.717) is 5.56 Å². The second-order valence-electron chi connectivity index (χ2n) is 6.20. The third kappa shape index (κ3) is 4.97. The number of hydrogen-bond acceptors (Lipinski definition) is 2. The summed E-state index contributed by atoms with van der Waals surface area (Å²) >= 11 is 2.22. The third-order valence-corrected chi connectivity index (χ3v) is 4.64. The Morgan fingerprint density at radius 1 is 1.18 bits per heavy atom. The fraction of sp³-hybridized carbons (Fsp3) is 0.529. The average molecular weight is 414 g/mol. The van der Waals surface area contributed by atoms with Crippen LogP contribution in [0.4, 0.5) is 0 Å². The van der Waals surface area contributed by atoms with Crippen molar-refractivity contribution in [3.8, 4) is 0 Å². The van der Waals surface area contributed by atoms with Gasteiger partial charge in [-0.25, -0.2) is 0 Å². The molecule has 1 aliphatic carbocycles. The van der Waals surface area contributed by atoms with Gasteiger partial charge < -0.3 is 10.6 Å². The molecule has 0 radical (unpaired) electrons. The van der Waals surface area contributed by atoms with Crippen molar-refractivity contribution >= 4 is 34.4 Å². The van der Waals surface area contributed by atoms with Gasteiger partial charge in [0, 0.05) is 27.1 Å². The van der Waals surface area contributed by atoms with Gasteiger partial charge in [-0.2, -0.15) is 0 Å². The molecule has 0 bridgehead atoms. The molecule has 2 rings (SSSR count). The Labute approximate surface area is 145 Å². The van der Waals surface area contributed by atoms with Crippen molar-refractivity contribution in [2.24, 2.45) is 5.92 Å². The molecule has 1 aromatic rings. The van der Waals surface area contributed by atoms with E-state index in [0.717, 1.165) is 29.3 Å². The Morgan fingerprint density at radius 3 is 2.50 bits per heavy atom. The van der Waals surface area contributed by atoms with Gasteiger partial charge in [-0.3, -0.25) is 9.59 Å². The van der Waals surface area contributed by atoms with Gasteiger partial charge in [0.05, 0.1) is 0 Å².